The largest absolute Gasteiger partial charge is 0.456 e. The Hall–Kier alpha value is -4.08. The van der Waals surface area contributed by atoms with Crippen LogP contribution in [0.3, 0.4) is 0 Å². The van der Waals surface area contributed by atoms with Crippen molar-refractivity contribution in [2.75, 3.05) is 25.7 Å². The van der Waals surface area contributed by atoms with Crippen molar-refractivity contribution in [2.45, 2.75) is 13.1 Å². The smallest absolute Gasteiger partial charge is 0.416 e. The molecule has 0 aliphatic rings. The summed E-state index contributed by atoms with van der Waals surface area (Å²) >= 11 is 11.7. The van der Waals surface area contributed by atoms with Crippen molar-refractivity contribution in [3.63, 3.8) is 0 Å². The third kappa shape index (κ3) is 10.1. The van der Waals surface area contributed by atoms with E-state index in [-0.39, 0.29) is 17.5 Å². The lowest BCUT2D eigenvalue weighted by Crippen LogP contribution is -2.29. The van der Waals surface area contributed by atoms with Crippen LogP contribution in [0, 0.1) is 17.0 Å². The number of nitrogens with zero attached hydrogens (tertiary/aromatic N) is 2. The topological polar surface area (TPSA) is 148 Å². The quantitative estimate of drug-likeness (QED) is 0.229. The normalized spacial score (nSPS) is 11.1. The Morgan fingerprint density at radius 3 is 2.14 bits per heavy atom. The number of carbonyl (C=O) groups excluding carboxylic acids is 2. The molecular formula is C25H23Cl2F3N4O7S. The first-order valence-corrected chi connectivity index (χ1v) is 14.0. The Bertz CT molecular complexity index is 1620. The zero-order chi connectivity index (χ0) is 32.0. The number of anilines is 1. The molecule has 3 aromatic carbocycles. The second kappa shape index (κ2) is 13.7. The highest BCUT2D eigenvalue weighted by Crippen LogP contribution is 2.37. The number of sulfonamides is 1. The number of hydrogen-bond donors (Lipinski definition) is 2. The van der Waals surface area contributed by atoms with E-state index in [4.69, 9.17) is 27.9 Å². The van der Waals surface area contributed by atoms with Gasteiger partial charge in [-0.05, 0) is 48.9 Å². The molecule has 0 radical (unpaired) electrons. The minimum atomic E-state index is -4.62. The number of aryl methyl sites for hydroxylation is 1. The van der Waals surface area contributed by atoms with Crippen LogP contribution in [0.25, 0.3) is 0 Å². The van der Waals surface area contributed by atoms with Crippen LogP contribution in [0.5, 0.6) is 11.5 Å². The van der Waals surface area contributed by atoms with E-state index in [2.05, 4.69) is 5.32 Å². The first-order chi connectivity index (χ1) is 19.3. The van der Waals surface area contributed by atoms with Gasteiger partial charge in [-0.15, -0.1) is 0 Å². The highest BCUT2D eigenvalue weighted by molar-refractivity contribution is 7.89. The maximum atomic E-state index is 12.7. The van der Waals surface area contributed by atoms with E-state index in [0.717, 1.165) is 29.8 Å². The summed E-state index contributed by atoms with van der Waals surface area (Å²) in [6.45, 7) is 1.92. The second-order valence-corrected chi connectivity index (χ2v) is 11.2. The number of nitrogens with one attached hydrogen (secondary N) is 2. The summed E-state index contributed by atoms with van der Waals surface area (Å²) in [5, 5.41) is 14.0. The predicted molar refractivity (Wildman–Crippen MR) is 151 cm³/mol. The van der Waals surface area contributed by atoms with Gasteiger partial charge in [-0.3, -0.25) is 14.9 Å². The number of nitro benzene ring substituents is 1. The van der Waals surface area contributed by atoms with Crippen molar-refractivity contribution in [3.8, 4) is 11.5 Å². The van der Waals surface area contributed by atoms with Crippen molar-refractivity contribution in [1.29, 1.82) is 0 Å². The minimum Gasteiger partial charge on any atom is -0.456 e. The summed E-state index contributed by atoms with van der Waals surface area (Å²) in [6, 6.07) is 10.4. The lowest BCUT2D eigenvalue weighted by molar-refractivity contribution is -0.385. The zero-order valence-corrected chi connectivity index (χ0v) is 24.6. The van der Waals surface area contributed by atoms with Gasteiger partial charge in [0.2, 0.25) is 10.0 Å². The number of hydrogen-bond acceptors (Lipinski definition) is 7. The molecule has 17 heteroatoms. The number of ether oxygens (including phenoxy) is 1. The van der Waals surface area contributed by atoms with E-state index < -0.39 is 48.9 Å². The van der Waals surface area contributed by atoms with Crippen LogP contribution in [0.1, 0.15) is 21.5 Å². The molecule has 0 saturated carbocycles. The number of alkyl halides is 3. The first-order valence-electron chi connectivity index (χ1n) is 11.4. The Morgan fingerprint density at radius 2 is 1.64 bits per heavy atom. The van der Waals surface area contributed by atoms with Crippen LogP contribution >= 0.6 is 23.2 Å². The number of carbonyl (C=O) groups is 2. The van der Waals surface area contributed by atoms with Crippen LogP contribution in [0.15, 0.2) is 54.6 Å². The average Bonchev–Trinajstić information content (AvgIpc) is 2.86. The fourth-order valence-corrected chi connectivity index (χ4v) is 3.78. The van der Waals surface area contributed by atoms with Crippen molar-refractivity contribution < 1.29 is 40.8 Å². The molecule has 3 rings (SSSR count). The summed E-state index contributed by atoms with van der Waals surface area (Å²) in [4.78, 5) is 34.9. The number of rotatable bonds is 6. The maximum absolute atomic E-state index is 12.7. The molecule has 0 spiro atoms. The molecule has 0 bridgehead atoms. The number of nitro groups is 1. The Kier molecular flexibility index (Phi) is 11.1. The van der Waals surface area contributed by atoms with Gasteiger partial charge in [-0.2, -0.15) is 13.2 Å². The molecule has 0 aromatic heterocycles. The molecule has 226 valence electrons. The molecule has 0 atom stereocenters. The second-order valence-electron chi connectivity index (χ2n) is 8.67. The standard InChI is InChI=1S/C15H10ClF3N2O6S.C10H13ClN2O/c1-28(25,26)20-14(22)10-7-9(3-4-12(10)21(23)24)27-13-5-2-8(6-11(13)16)15(17,18)19;1-7-4-5-8(6-9(7)11)12-10(14)13(2)3/h2-7H,1H3,(H,20,22);4-6H,1-3H3,(H,12,14). The minimum absolute atomic E-state index is 0.162. The first kappa shape index (κ1) is 34.1. The average molecular weight is 651 g/mol. The summed E-state index contributed by atoms with van der Waals surface area (Å²) in [5.74, 6) is -1.68. The molecule has 0 saturated heterocycles. The van der Waals surface area contributed by atoms with Gasteiger partial charge in [-0.25, -0.2) is 17.9 Å². The molecule has 0 heterocycles. The molecule has 0 aliphatic carbocycles. The van der Waals surface area contributed by atoms with Crippen LogP contribution in [-0.2, 0) is 16.2 Å². The van der Waals surface area contributed by atoms with Gasteiger partial charge >= 0.3 is 12.2 Å². The van der Waals surface area contributed by atoms with E-state index >= 15 is 0 Å². The van der Waals surface area contributed by atoms with Gasteiger partial charge in [0, 0.05) is 36.9 Å². The van der Waals surface area contributed by atoms with Crippen LogP contribution < -0.4 is 14.8 Å². The van der Waals surface area contributed by atoms with Crippen LogP contribution in [0.4, 0.5) is 29.3 Å². The highest BCUT2D eigenvalue weighted by Gasteiger charge is 2.31. The van der Waals surface area contributed by atoms with Gasteiger partial charge < -0.3 is 15.0 Å². The summed E-state index contributed by atoms with van der Waals surface area (Å²) < 4.78 is 67.2. The maximum Gasteiger partial charge on any atom is 0.416 e. The third-order valence-electron chi connectivity index (χ3n) is 5.00. The number of urea groups is 1. The highest BCUT2D eigenvalue weighted by atomic mass is 35.5. The molecule has 0 unspecified atom stereocenters. The Morgan fingerprint density at radius 1 is 1.00 bits per heavy atom. The zero-order valence-electron chi connectivity index (χ0n) is 22.2. The van der Waals surface area contributed by atoms with E-state index in [1.807, 2.05) is 19.1 Å². The van der Waals surface area contributed by atoms with E-state index in [0.29, 0.717) is 29.1 Å². The van der Waals surface area contributed by atoms with Crippen molar-refractivity contribution >= 4 is 56.5 Å². The number of benzene rings is 3. The van der Waals surface area contributed by atoms with Crippen molar-refractivity contribution in [1.82, 2.24) is 9.62 Å². The van der Waals surface area contributed by atoms with Gasteiger partial charge in [0.05, 0.1) is 21.8 Å². The predicted octanol–water partition coefficient (Wildman–Crippen LogP) is 6.49. The molecule has 11 nitrogen and oxygen atoms in total. The monoisotopic (exact) mass is 650 g/mol. The summed E-state index contributed by atoms with van der Waals surface area (Å²) in [5.41, 5.74) is -0.640. The van der Waals surface area contributed by atoms with Gasteiger partial charge in [0.25, 0.3) is 11.6 Å². The molecule has 0 aliphatic heterocycles. The van der Waals surface area contributed by atoms with E-state index in [1.165, 1.54) is 4.90 Å². The van der Waals surface area contributed by atoms with Crippen LogP contribution in [-0.4, -0.2) is 50.5 Å². The third-order valence-corrected chi connectivity index (χ3v) is 6.26. The molecular weight excluding hydrogens is 628 g/mol. The summed E-state index contributed by atoms with van der Waals surface area (Å²) in [7, 11) is -0.630. The van der Waals surface area contributed by atoms with Gasteiger partial charge in [0.15, 0.2) is 0 Å². The number of amides is 3. The summed E-state index contributed by atoms with van der Waals surface area (Å²) in [6.07, 6.45) is -3.94. The van der Waals surface area contributed by atoms with E-state index in [1.54, 1.807) is 24.9 Å². The van der Waals surface area contributed by atoms with Crippen LogP contribution in [0.2, 0.25) is 10.0 Å². The molecule has 2 N–H and O–H groups in total. The number of halogens is 5. The van der Waals surface area contributed by atoms with Gasteiger partial charge in [0.1, 0.15) is 17.1 Å². The Labute approximate surface area is 248 Å². The lowest BCUT2D eigenvalue weighted by atomic mass is 10.1. The van der Waals surface area contributed by atoms with Crippen molar-refractivity contribution in [3.05, 3.63) is 91.4 Å². The van der Waals surface area contributed by atoms with Gasteiger partial charge in [-0.1, -0.05) is 29.3 Å². The van der Waals surface area contributed by atoms with Crippen molar-refractivity contribution in [2.24, 2.45) is 0 Å². The fourth-order valence-electron chi connectivity index (χ4n) is 2.94. The molecule has 3 amide bonds. The van der Waals surface area contributed by atoms with E-state index in [9.17, 15) is 41.3 Å². The molecule has 42 heavy (non-hydrogen) atoms. The Balaban J connectivity index is 0.000000369. The fraction of sp³-hybridized carbons (Fsp3) is 0.200. The molecule has 0 fully saturated rings. The lowest BCUT2D eigenvalue weighted by Gasteiger charge is -2.12. The molecule has 3 aromatic rings. The SMILES string of the molecule is CS(=O)(=O)NC(=O)c1cc(Oc2ccc(C(F)(F)F)cc2Cl)ccc1[N+](=O)[O-].Cc1ccc(NC(=O)N(C)C)cc1Cl.